The van der Waals surface area contributed by atoms with Crippen molar-refractivity contribution in [3.05, 3.63) is 23.8 Å². The Bertz CT molecular complexity index is 720. The molecule has 0 saturated heterocycles. The highest BCUT2D eigenvalue weighted by atomic mass is 16.5. The smallest absolute Gasteiger partial charge is 0.339 e. The fraction of sp³-hybridized carbons (Fsp3) is 0.550. The maximum Gasteiger partial charge on any atom is 0.339 e. The number of rotatable bonds is 7. The number of benzene rings is 1. The first-order valence-corrected chi connectivity index (χ1v) is 9.20. The SMILES string of the molecule is CCOc1ccc(C(=O)OC(C)C(=O)NC2(C#N)CCCCC2)cc1OC. The van der Waals surface area contributed by atoms with E-state index in [1.807, 2.05) is 6.92 Å². The molecule has 1 N–H and O–H groups in total. The first-order chi connectivity index (χ1) is 12.9. The molecule has 146 valence electrons. The van der Waals surface area contributed by atoms with Crippen LogP contribution in [0.15, 0.2) is 18.2 Å². The topological polar surface area (TPSA) is 97.6 Å². The molecule has 1 atom stereocenters. The van der Waals surface area contributed by atoms with Gasteiger partial charge in [0.1, 0.15) is 5.54 Å². The molecule has 1 aromatic carbocycles. The van der Waals surface area contributed by atoms with E-state index in [9.17, 15) is 14.9 Å². The average Bonchev–Trinajstić information content (AvgIpc) is 2.69. The van der Waals surface area contributed by atoms with Gasteiger partial charge in [-0.15, -0.1) is 0 Å². The highest BCUT2D eigenvalue weighted by molar-refractivity contribution is 5.93. The first-order valence-electron chi connectivity index (χ1n) is 9.20. The van der Waals surface area contributed by atoms with Gasteiger partial charge in [0.25, 0.3) is 5.91 Å². The number of nitrogens with one attached hydrogen (secondary N) is 1. The third kappa shape index (κ3) is 5.13. The van der Waals surface area contributed by atoms with Gasteiger partial charge >= 0.3 is 5.97 Å². The number of ether oxygens (including phenoxy) is 3. The van der Waals surface area contributed by atoms with Crippen LogP contribution in [0.5, 0.6) is 11.5 Å². The van der Waals surface area contributed by atoms with Crippen molar-refractivity contribution in [2.75, 3.05) is 13.7 Å². The fourth-order valence-corrected chi connectivity index (χ4v) is 3.11. The molecule has 0 aromatic heterocycles. The van der Waals surface area contributed by atoms with Gasteiger partial charge in [-0.3, -0.25) is 4.79 Å². The van der Waals surface area contributed by atoms with Gasteiger partial charge in [-0.05, 0) is 44.9 Å². The van der Waals surface area contributed by atoms with Gasteiger partial charge in [0.2, 0.25) is 0 Å². The fourth-order valence-electron chi connectivity index (χ4n) is 3.11. The third-order valence-corrected chi connectivity index (χ3v) is 4.64. The summed E-state index contributed by atoms with van der Waals surface area (Å²) < 4.78 is 15.9. The Labute approximate surface area is 159 Å². The predicted molar refractivity (Wildman–Crippen MR) is 98.6 cm³/mol. The predicted octanol–water partition coefficient (Wildman–Crippen LogP) is 2.98. The zero-order valence-electron chi connectivity index (χ0n) is 16.0. The van der Waals surface area contributed by atoms with Crippen LogP contribution in [-0.4, -0.2) is 37.2 Å². The summed E-state index contributed by atoms with van der Waals surface area (Å²) in [4.78, 5) is 24.8. The van der Waals surface area contributed by atoms with Crippen LogP contribution in [0, 0.1) is 11.3 Å². The zero-order chi connectivity index (χ0) is 19.9. The Hall–Kier alpha value is -2.75. The lowest BCUT2D eigenvalue weighted by atomic mass is 9.83. The van der Waals surface area contributed by atoms with Gasteiger partial charge in [-0.2, -0.15) is 5.26 Å². The Morgan fingerprint density at radius 3 is 2.56 bits per heavy atom. The summed E-state index contributed by atoms with van der Waals surface area (Å²) in [5.74, 6) is -0.178. The number of esters is 1. The first kappa shape index (κ1) is 20.6. The molecule has 1 aliphatic carbocycles. The molecule has 27 heavy (non-hydrogen) atoms. The molecule has 2 rings (SSSR count). The van der Waals surface area contributed by atoms with E-state index >= 15 is 0 Å². The van der Waals surface area contributed by atoms with E-state index in [2.05, 4.69) is 11.4 Å². The van der Waals surface area contributed by atoms with Crippen molar-refractivity contribution in [2.24, 2.45) is 0 Å². The summed E-state index contributed by atoms with van der Waals surface area (Å²) in [7, 11) is 1.48. The van der Waals surface area contributed by atoms with Crippen molar-refractivity contribution in [1.82, 2.24) is 5.32 Å². The largest absolute Gasteiger partial charge is 0.493 e. The molecule has 0 radical (unpaired) electrons. The lowest BCUT2D eigenvalue weighted by Crippen LogP contribution is -2.52. The molecule has 1 amide bonds. The molecule has 0 heterocycles. The lowest BCUT2D eigenvalue weighted by molar-refractivity contribution is -0.130. The van der Waals surface area contributed by atoms with E-state index in [1.54, 1.807) is 12.1 Å². The summed E-state index contributed by atoms with van der Waals surface area (Å²) in [6.45, 7) is 3.81. The summed E-state index contributed by atoms with van der Waals surface area (Å²) in [6, 6.07) is 6.90. The van der Waals surface area contributed by atoms with Crippen molar-refractivity contribution in [2.45, 2.75) is 57.6 Å². The number of amides is 1. The molecule has 1 fully saturated rings. The second-order valence-electron chi connectivity index (χ2n) is 6.59. The van der Waals surface area contributed by atoms with Crippen LogP contribution in [0.3, 0.4) is 0 Å². The van der Waals surface area contributed by atoms with Crippen LogP contribution in [0.1, 0.15) is 56.3 Å². The van der Waals surface area contributed by atoms with Gasteiger partial charge in [-0.1, -0.05) is 19.3 Å². The third-order valence-electron chi connectivity index (χ3n) is 4.64. The van der Waals surface area contributed by atoms with Gasteiger partial charge in [0.05, 0.1) is 25.3 Å². The van der Waals surface area contributed by atoms with Crippen molar-refractivity contribution < 1.29 is 23.8 Å². The minimum atomic E-state index is -1.01. The number of nitrogens with zero attached hydrogens (tertiary/aromatic N) is 1. The molecular weight excluding hydrogens is 348 g/mol. The molecule has 1 aliphatic rings. The maximum absolute atomic E-state index is 12.4. The van der Waals surface area contributed by atoms with Gasteiger partial charge in [0, 0.05) is 0 Å². The van der Waals surface area contributed by atoms with Crippen molar-refractivity contribution in [3.63, 3.8) is 0 Å². The van der Waals surface area contributed by atoms with Crippen molar-refractivity contribution >= 4 is 11.9 Å². The van der Waals surface area contributed by atoms with Crippen molar-refractivity contribution in [1.29, 1.82) is 5.26 Å². The van der Waals surface area contributed by atoms with E-state index in [0.717, 1.165) is 19.3 Å². The van der Waals surface area contributed by atoms with Crippen LogP contribution in [0.2, 0.25) is 0 Å². The molecule has 0 aliphatic heterocycles. The average molecular weight is 374 g/mol. The summed E-state index contributed by atoms with van der Waals surface area (Å²) in [5, 5.41) is 12.2. The van der Waals surface area contributed by atoms with Gasteiger partial charge < -0.3 is 19.5 Å². The summed E-state index contributed by atoms with van der Waals surface area (Å²) in [5.41, 5.74) is -0.610. The maximum atomic E-state index is 12.4. The Kier molecular flexibility index (Phi) is 7.05. The van der Waals surface area contributed by atoms with E-state index in [4.69, 9.17) is 14.2 Å². The van der Waals surface area contributed by atoms with Crippen molar-refractivity contribution in [3.8, 4) is 17.6 Å². The molecule has 1 saturated carbocycles. The van der Waals surface area contributed by atoms with Crippen LogP contribution in [0.25, 0.3) is 0 Å². The molecule has 0 bridgehead atoms. The molecule has 1 unspecified atom stereocenters. The monoisotopic (exact) mass is 374 g/mol. The van der Waals surface area contributed by atoms with E-state index < -0.39 is 23.5 Å². The number of carbonyl (C=O) groups excluding carboxylic acids is 2. The quantitative estimate of drug-likeness (QED) is 0.737. The van der Waals surface area contributed by atoms with E-state index in [0.29, 0.717) is 30.9 Å². The highest BCUT2D eigenvalue weighted by Gasteiger charge is 2.35. The minimum absolute atomic E-state index is 0.252. The molecule has 7 nitrogen and oxygen atoms in total. The number of nitriles is 1. The van der Waals surface area contributed by atoms with E-state index in [-0.39, 0.29) is 5.56 Å². The standard InChI is InChI=1S/C20H26N2O5/c1-4-26-16-9-8-15(12-17(16)25-3)19(24)27-14(2)18(23)22-20(13-21)10-6-5-7-11-20/h8-9,12,14H,4-7,10-11H2,1-3H3,(H,22,23). The second kappa shape index (κ2) is 9.26. The number of hydrogen-bond acceptors (Lipinski definition) is 6. The minimum Gasteiger partial charge on any atom is -0.493 e. The number of carbonyl (C=O) groups is 2. The lowest BCUT2D eigenvalue weighted by Gasteiger charge is -2.32. The molecular formula is C20H26N2O5. The Morgan fingerprint density at radius 2 is 1.96 bits per heavy atom. The number of methoxy groups -OCH3 is 1. The number of hydrogen-bond donors (Lipinski definition) is 1. The van der Waals surface area contributed by atoms with E-state index in [1.165, 1.54) is 20.1 Å². The summed E-state index contributed by atoms with van der Waals surface area (Å²) >= 11 is 0. The van der Waals surface area contributed by atoms with Gasteiger partial charge in [-0.25, -0.2) is 4.79 Å². The normalized spacial score (nSPS) is 16.5. The molecule has 7 heteroatoms. The van der Waals surface area contributed by atoms with Gasteiger partial charge in [0.15, 0.2) is 17.6 Å². The highest BCUT2D eigenvalue weighted by Crippen LogP contribution is 2.29. The second-order valence-corrected chi connectivity index (χ2v) is 6.59. The Morgan fingerprint density at radius 1 is 1.26 bits per heavy atom. The van der Waals surface area contributed by atoms with Crippen LogP contribution >= 0.6 is 0 Å². The zero-order valence-corrected chi connectivity index (χ0v) is 16.0. The summed E-state index contributed by atoms with van der Waals surface area (Å²) in [6.07, 6.45) is 3.07. The van der Waals surface area contributed by atoms with Crippen LogP contribution in [-0.2, 0) is 9.53 Å². The molecule has 0 spiro atoms. The van der Waals surface area contributed by atoms with Crippen LogP contribution in [0.4, 0.5) is 0 Å². The molecule has 1 aromatic rings. The Balaban J connectivity index is 2.02. The van der Waals surface area contributed by atoms with Crippen LogP contribution < -0.4 is 14.8 Å².